The van der Waals surface area contributed by atoms with E-state index in [1.807, 2.05) is 13.8 Å². The number of likely N-dealkylation sites (tertiary alicyclic amines) is 1. The monoisotopic (exact) mass is 329 g/mol. The first-order valence-corrected chi connectivity index (χ1v) is 8.38. The number of nitrogens with two attached hydrogens (primary N) is 1. The van der Waals surface area contributed by atoms with E-state index in [0.29, 0.717) is 24.2 Å². The molecule has 3 rings (SSSR count). The molecule has 0 spiro atoms. The van der Waals surface area contributed by atoms with E-state index in [2.05, 4.69) is 0 Å². The molecule has 6 heteroatoms. The molecule has 6 nitrogen and oxygen atoms in total. The summed E-state index contributed by atoms with van der Waals surface area (Å²) < 4.78 is 0. The van der Waals surface area contributed by atoms with Crippen LogP contribution >= 0.6 is 0 Å². The van der Waals surface area contributed by atoms with E-state index < -0.39 is 0 Å². The number of rotatable bonds is 3. The van der Waals surface area contributed by atoms with Crippen molar-refractivity contribution in [3.8, 4) is 0 Å². The summed E-state index contributed by atoms with van der Waals surface area (Å²) in [6.07, 6.45) is 1.91. The molecule has 2 aliphatic heterocycles. The molecule has 0 radical (unpaired) electrons. The molecule has 1 fully saturated rings. The number of hydrogen-bond acceptors (Lipinski definition) is 4. The van der Waals surface area contributed by atoms with Crippen molar-refractivity contribution in [3.05, 3.63) is 34.9 Å². The van der Waals surface area contributed by atoms with Gasteiger partial charge in [-0.05, 0) is 44.7 Å². The van der Waals surface area contributed by atoms with E-state index in [0.717, 1.165) is 23.3 Å². The predicted molar refractivity (Wildman–Crippen MR) is 89.5 cm³/mol. The van der Waals surface area contributed by atoms with Crippen LogP contribution in [0.5, 0.6) is 0 Å². The van der Waals surface area contributed by atoms with E-state index in [-0.39, 0.29) is 36.2 Å². The van der Waals surface area contributed by atoms with Crippen LogP contribution in [0.25, 0.3) is 0 Å². The lowest BCUT2D eigenvalue weighted by Gasteiger charge is -2.35. The summed E-state index contributed by atoms with van der Waals surface area (Å²) >= 11 is 0. The van der Waals surface area contributed by atoms with Crippen LogP contribution in [-0.2, 0) is 4.79 Å². The van der Waals surface area contributed by atoms with Gasteiger partial charge < -0.3 is 10.6 Å². The van der Waals surface area contributed by atoms with E-state index in [9.17, 15) is 14.4 Å². The molecule has 2 atom stereocenters. The SMILES string of the molecule is Cc1ccc2c(c1)C(=O)N(CC(=O)N1CCCC(C(C)N)C1)C2=O. The largest absolute Gasteiger partial charge is 0.341 e. The number of hydrogen-bond donors (Lipinski definition) is 1. The van der Waals surface area contributed by atoms with Gasteiger partial charge in [-0.2, -0.15) is 0 Å². The zero-order chi connectivity index (χ0) is 17.4. The van der Waals surface area contributed by atoms with Crippen molar-refractivity contribution in [2.45, 2.75) is 32.7 Å². The smallest absolute Gasteiger partial charge is 0.262 e. The molecule has 24 heavy (non-hydrogen) atoms. The number of amides is 3. The normalized spacial score (nSPS) is 21.9. The fourth-order valence-electron chi connectivity index (χ4n) is 3.45. The number of carbonyl (C=O) groups is 3. The summed E-state index contributed by atoms with van der Waals surface area (Å²) in [5.74, 6) is -0.684. The lowest BCUT2D eigenvalue weighted by Crippen LogP contribution is -2.49. The van der Waals surface area contributed by atoms with Gasteiger partial charge in [0.25, 0.3) is 11.8 Å². The molecule has 2 aliphatic rings. The maximum absolute atomic E-state index is 12.6. The molecule has 0 aliphatic carbocycles. The molecule has 2 heterocycles. The van der Waals surface area contributed by atoms with Gasteiger partial charge >= 0.3 is 0 Å². The van der Waals surface area contributed by atoms with Crippen LogP contribution < -0.4 is 5.73 Å². The number of imide groups is 1. The number of piperidine rings is 1. The molecular weight excluding hydrogens is 306 g/mol. The highest BCUT2D eigenvalue weighted by Gasteiger charge is 2.38. The number of nitrogens with zero attached hydrogens (tertiary/aromatic N) is 2. The Hall–Kier alpha value is -2.21. The predicted octanol–water partition coefficient (Wildman–Crippen LogP) is 1.18. The van der Waals surface area contributed by atoms with Crippen LogP contribution in [0.15, 0.2) is 18.2 Å². The Bertz CT molecular complexity index is 699. The average Bonchev–Trinajstić information content (AvgIpc) is 2.79. The third kappa shape index (κ3) is 2.94. The zero-order valence-corrected chi connectivity index (χ0v) is 14.1. The van der Waals surface area contributed by atoms with Crippen LogP contribution in [0.4, 0.5) is 0 Å². The Morgan fingerprint density at radius 2 is 2.00 bits per heavy atom. The Morgan fingerprint density at radius 3 is 2.71 bits per heavy atom. The third-order valence-corrected chi connectivity index (χ3v) is 4.97. The molecule has 2 unspecified atom stereocenters. The van der Waals surface area contributed by atoms with Gasteiger partial charge in [-0.25, -0.2) is 0 Å². The van der Waals surface area contributed by atoms with Crippen molar-refractivity contribution in [2.24, 2.45) is 11.7 Å². The van der Waals surface area contributed by atoms with Crippen LogP contribution in [0.3, 0.4) is 0 Å². The minimum atomic E-state index is -0.385. The van der Waals surface area contributed by atoms with Gasteiger partial charge in [0, 0.05) is 19.1 Å². The van der Waals surface area contributed by atoms with Crippen molar-refractivity contribution < 1.29 is 14.4 Å². The number of carbonyl (C=O) groups excluding carboxylic acids is 3. The molecule has 0 aromatic heterocycles. The molecule has 1 aromatic rings. The third-order valence-electron chi connectivity index (χ3n) is 4.97. The van der Waals surface area contributed by atoms with Crippen molar-refractivity contribution in [1.82, 2.24) is 9.80 Å². The second-order valence-corrected chi connectivity index (χ2v) is 6.85. The minimum Gasteiger partial charge on any atom is -0.341 e. The minimum absolute atomic E-state index is 0.0304. The van der Waals surface area contributed by atoms with Crippen molar-refractivity contribution >= 4 is 17.7 Å². The van der Waals surface area contributed by atoms with Gasteiger partial charge in [0.05, 0.1) is 11.1 Å². The molecule has 3 amide bonds. The molecule has 1 saturated heterocycles. The summed E-state index contributed by atoms with van der Waals surface area (Å²) in [4.78, 5) is 40.2. The topological polar surface area (TPSA) is 83.7 Å². The highest BCUT2D eigenvalue weighted by atomic mass is 16.2. The summed E-state index contributed by atoms with van der Waals surface area (Å²) in [5, 5.41) is 0. The van der Waals surface area contributed by atoms with Crippen LogP contribution in [0, 0.1) is 12.8 Å². The number of fused-ring (bicyclic) bond motifs is 1. The molecule has 2 N–H and O–H groups in total. The Morgan fingerprint density at radius 1 is 1.29 bits per heavy atom. The zero-order valence-electron chi connectivity index (χ0n) is 14.1. The van der Waals surface area contributed by atoms with E-state index in [1.165, 1.54) is 0 Å². The molecule has 0 bridgehead atoms. The van der Waals surface area contributed by atoms with Crippen molar-refractivity contribution in [1.29, 1.82) is 0 Å². The summed E-state index contributed by atoms with van der Waals surface area (Å²) in [5.41, 5.74) is 7.64. The second kappa shape index (κ2) is 6.36. The molecular formula is C18H23N3O3. The van der Waals surface area contributed by atoms with Gasteiger partial charge in [0.15, 0.2) is 0 Å². The highest BCUT2D eigenvalue weighted by molar-refractivity contribution is 6.22. The van der Waals surface area contributed by atoms with Crippen LogP contribution in [0.1, 0.15) is 46.0 Å². The fraction of sp³-hybridized carbons (Fsp3) is 0.500. The lowest BCUT2D eigenvalue weighted by molar-refractivity contribution is -0.133. The second-order valence-electron chi connectivity index (χ2n) is 6.85. The molecule has 0 saturated carbocycles. The van der Waals surface area contributed by atoms with Gasteiger partial charge in [0.2, 0.25) is 5.91 Å². The first-order valence-electron chi connectivity index (χ1n) is 8.38. The molecule has 1 aromatic carbocycles. The highest BCUT2D eigenvalue weighted by Crippen LogP contribution is 2.25. The first kappa shape index (κ1) is 16.6. The van der Waals surface area contributed by atoms with E-state index in [1.54, 1.807) is 23.1 Å². The number of aryl methyl sites for hydroxylation is 1. The van der Waals surface area contributed by atoms with Crippen molar-refractivity contribution in [2.75, 3.05) is 19.6 Å². The fourth-order valence-corrected chi connectivity index (χ4v) is 3.45. The number of benzene rings is 1. The van der Waals surface area contributed by atoms with Crippen LogP contribution in [-0.4, -0.2) is 53.2 Å². The Kier molecular flexibility index (Phi) is 4.41. The lowest BCUT2D eigenvalue weighted by atomic mass is 9.92. The Labute approximate surface area is 141 Å². The Balaban J connectivity index is 1.71. The average molecular weight is 329 g/mol. The first-order chi connectivity index (χ1) is 11.4. The maximum atomic E-state index is 12.6. The van der Waals surface area contributed by atoms with Gasteiger partial charge in [-0.1, -0.05) is 11.6 Å². The van der Waals surface area contributed by atoms with E-state index in [4.69, 9.17) is 5.73 Å². The summed E-state index contributed by atoms with van der Waals surface area (Å²) in [7, 11) is 0. The summed E-state index contributed by atoms with van der Waals surface area (Å²) in [6, 6.07) is 5.19. The van der Waals surface area contributed by atoms with Crippen LogP contribution in [0.2, 0.25) is 0 Å². The standard InChI is InChI=1S/C18H23N3O3/c1-11-5-6-14-15(8-11)18(24)21(17(14)23)10-16(22)20-7-3-4-13(9-20)12(2)19/h5-6,8,12-13H,3-4,7,9-10,19H2,1-2H3. The van der Waals surface area contributed by atoms with Gasteiger partial charge in [-0.3, -0.25) is 19.3 Å². The van der Waals surface area contributed by atoms with E-state index >= 15 is 0 Å². The van der Waals surface area contributed by atoms with Gasteiger partial charge in [0.1, 0.15) is 6.54 Å². The molecule has 128 valence electrons. The maximum Gasteiger partial charge on any atom is 0.262 e. The summed E-state index contributed by atoms with van der Waals surface area (Å²) in [6.45, 7) is 4.87. The quantitative estimate of drug-likeness (QED) is 0.844. The van der Waals surface area contributed by atoms with Gasteiger partial charge in [-0.15, -0.1) is 0 Å². The van der Waals surface area contributed by atoms with Crippen molar-refractivity contribution in [3.63, 3.8) is 0 Å².